The van der Waals surface area contributed by atoms with E-state index in [0.717, 1.165) is 64.0 Å². The Kier molecular flexibility index (Phi) is 27.0. The van der Waals surface area contributed by atoms with Crippen LogP contribution in [-0.2, 0) is 57.1 Å². The molecule has 1 amide bonds. The fraction of sp³-hybridized carbons (Fsp3) is 0.787. The molecule has 5 aliphatic rings. The van der Waals surface area contributed by atoms with Crippen LogP contribution in [0.15, 0.2) is 47.6 Å². The van der Waals surface area contributed by atoms with Crippen LogP contribution in [0.3, 0.4) is 0 Å². The first-order valence-electron chi connectivity index (χ1n) is 29.3. The number of ketones is 3. The van der Waals surface area contributed by atoms with Crippen molar-refractivity contribution in [3.05, 3.63) is 47.6 Å². The van der Waals surface area contributed by atoms with E-state index in [2.05, 4.69) is 16.8 Å². The molecule has 0 aromatic carbocycles. The largest absolute Gasteiger partial charge is 0.460 e. The van der Waals surface area contributed by atoms with E-state index in [1.165, 1.54) is 12.0 Å². The van der Waals surface area contributed by atoms with Gasteiger partial charge in [-0.25, -0.2) is 4.79 Å². The summed E-state index contributed by atoms with van der Waals surface area (Å²) in [6, 6.07) is -1.14. The SMILES string of the molecule is COCCO[C@H]1C[C@@H]2CC[C@@H](C)[C@@](O)(O2)C(=O)C(=O)N2CCCC[C@H]2C(=O)O[C@H](C(C)C[C@@H]2CC[C@@H](OCCCN3CCN(C)CC3)[C@H](OC)C2)CC(=O)[C@H](C)/C=C(\C)[C@@H](O)[C@@H](OC)C(=O)[C@H](C)C[C@H](C)/C=C/C=C/C=C/1C. The summed E-state index contributed by atoms with van der Waals surface area (Å²) in [5.41, 5.74) is 1.27. The third kappa shape index (κ3) is 18.8. The summed E-state index contributed by atoms with van der Waals surface area (Å²) in [5.74, 6) is -7.89. The number of allylic oxidation sites excluding steroid dienone is 6. The van der Waals surface area contributed by atoms with Crippen molar-refractivity contribution in [2.45, 2.75) is 186 Å². The van der Waals surface area contributed by atoms with Crippen molar-refractivity contribution >= 4 is 29.2 Å². The number of piperidine rings is 1. The maximum atomic E-state index is 14.7. The zero-order valence-electron chi connectivity index (χ0n) is 49.2. The van der Waals surface area contributed by atoms with E-state index in [0.29, 0.717) is 57.3 Å². The molecule has 15 atom stereocenters. The second-order valence-electron chi connectivity index (χ2n) is 23.6. The number of aliphatic hydroxyl groups is 2. The molecule has 0 radical (unpaired) electrons. The van der Waals surface area contributed by atoms with Crippen molar-refractivity contribution in [1.82, 2.24) is 14.7 Å². The third-order valence-electron chi connectivity index (χ3n) is 17.3. The molecule has 0 aromatic rings. The lowest BCUT2D eigenvalue weighted by atomic mass is 9.78. The van der Waals surface area contributed by atoms with Crippen LogP contribution in [0.1, 0.15) is 132 Å². The van der Waals surface area contributed by atoms with Crippen LogP contribution in [0.5, 0.6) is 0 Å². The van der Waals surface area contributed by atoms with Crippen LogP contribution < -0.4 is 0 Å². The lowest BCUT2D eigenvalue weighted by Crippen LogP contribution is -2.61. The number of hydrogen-bond acceptors (Lipinski definition) is 16. The highest BCUT2D eigenvalue weighted by Crippen LogP contribution is 2.38. The van der Waals surface area contributed by atoms with E-state index in [-0.39, 0.29) is 73.9 Å². The number of ether oxygens (including phenoxy) is 7. The molecule has 4 fully saturated rings. The van der Waals surface area contributed by atoms with E-state index in [9.17, 15) is 34.2 Å². The number of methoxy groups -OCH3 is 3. The number of piperazine rings is 1. The molecule has 442 valence electrons. The molecule has 1 saturated carbocycles. The number of carbonyl (C=O) groups is 5. The molecule has 2 N–H and O–H groups in total. The van der Waals surface area contributed by atoms with Gasteiger partial charge in [0.2, 0.25) is 5.79 Å². The molecular weight excluding hydrogens is 999 g/mol. The minimum atomic E-state index is -2.46. The molecular formula is C61H99N3O14. The van der Waals surface area contributed by atoms with E-state index in [1.807, 2.05) is 58.1 Å². The Morgan fingerprint density at radius 2 is 1.54 bits per heavy atom. The molecule has 1 unspecified atom stereocenters. The van der Waals surface area contributed by atoms with Gasteiger partial charge >= 0.3 is 5.97 Å². The number of amides is 1. The summed E-state index contributed by atoms with van der Waals surface area (Å²) < 4.78 is 42.4. The quantitative estimate of drug-likeness (QED) is 0.0791. The van der Waals surface area contributed by atoms with Gasteiger partial charge in [0, 0.05) is 97.8 Å². The second kappa shape index (κ2) is 32.2. The number of carbonyl (C=O) groups excluding carboxylic acids is 5. The van der Waals surface area contributed by atoms with Crippen LogP contribution in [-0.4, -0.2) is 196 Å². The lowest BCUT2D eigenvalue weighted by molar-refractivity contribution is -0.266. The van der Waals surface area contributed by atoms with Crippen molar-refractivity contribution in [2.24, 2.45) is 35.5 Å². The third-order valence-corrected chi connectivity index (χ3v) is 17.3. The van der Waals surface area contributed by atoms with Crippen molar-refractivity contribution in [3.63, 3.8) is 0 Å². The van der Waals surface area contributed by atoms with E-state index < -0.39 is 77.8 Å². The van der Waals surface area contributed by atoms with E-state index in [1.54, 1.807) is 41.1 Å². The Morgan fingerprint density at radius 3 is 2.24 bits per heavy atom. The van der Waals surface area contributed by atoms with Crippen LogP contribution in [0, 0.1) is 35.5 Å². The predicted molar refractivity (Wildman–Crippen MR) is 298 cm³/mol. The average Bonchev–Trinajstić information content (AvgIpc) is 3.46. The summed E-state index contributed by atoms with van der Waals surface area (Å²) in [7, 11) is 6.85. The number of hydrogen-bond donors (Lipinski definition) is 2. The number of nitrogens with zero attached hydrogens (tertiary/aromatic N) is 3. The Labute approximate surface area is 466 Å². The van der Waals surface area contributed by atoms with Gasteiger partial charge in [0.1, 0.15) is 30.1 Å². The van der Waals surface area contributed by atoms with Gasteiger partial charge in [-0.3, -0.25) is 19.2 Å². The molecule has 1 aliphatic carbocycles. The first-order chi connectivity index (χ1) is 37.2. The maximum Gasteiger partial charge on any atom is 0.329 e. The molecule has 4 aliphatic heterocycles. The average molecular weight is 1100 g/mol. The number of cyclic esters (lactones) is 1. The minimum absolute atomic E-state index is 0.00546. The molecule has 78 heavy (non-hydrogen) atoms. The van der Waals surface area contributed by atoms with Crippen molar-refractivity contribution in [2.75, 3.05) is 87.5 Å². The second-order valence-corrected chi connectivity index (χ2v) is 23.6. The summed E-state index contributed by atoms with van der Waals surface area (Å²) in [6.45, 7) is 19.5. The van der Waals surface area contributed by atoms with Crippen LogP contribution in [0.4, 0.5) is 0 Å². The van der Waals surface area contributed by atoms with Crippen LogP contribution in [0.2, 0.25) is 0 Å². The number of fused-ring (bicyclic) bond motifs is 3. The number of aliphatic hydroxyl groups excluding tert-OH is 1. The summed E-state index contributed by atoms with van der Waals surface area (Å²) in [5, 5.41) is 23.8. The van der Waals surface area contributed by atoms with Crippen molar-refractivity contribution < 1.29 is 67.3 Å². The zero-order chi connectivity index (χ0) is 57.1. The van der Waals surface area contributed by atoms with Crippen molar-refractivity contribution in [3.8, 4) is 0 Å². The first kappa shape index (κ1) is 65.3. The van der Waals surface area contributed by atoms with Crippen LogP contribution in [0.25, 0.3) is 0 Å². The van der Waals surface area contributed by atoms with Gasteiger partial charge in [0.25, 0.3) is 11.7 Å². The summed E-state index contributed by atoms with van der Waals surface area (Å²) in [6.07, 6.45) is 13.4. The van der Waals surface area contributed by atoms with E-state index >= 15 is 0 Å². The maximum absolute atomic E-state index is 14.7. The van der Waals surface area contributed by atoms with Gasteiger partial charge in [-0.05, 0) is 120 Å². The van der Waals surface area contributed by atoms with Gasteiger partial charge in [0.15, 0.2) is 5.78 Å². The highest BCUT2D eigenvalue weighted by Gasteiger charge is 2.53. The Balaban J connectivity index is 1.41. The van der Waals surface area contributed by atoms with E-state index in [4.69, 9.17) is 33.2 Å². The summed E-state index contributed by atoms with van der Waals surface area (Å²) in [4.78, 5) is 78.0. The Morgan fingerprint density at radius 1 is 0.795 bits per heavy atom. The molecule has 0 aromatic heterocycles. The van der Waals surface area contributed by atoms with Gasteiger partial charge in [-0.15, -0.1) is 0 Å². The Bertz CT molecular complexity index is 2050. The minimum Gasteiger partial charge on any atom is -0.460 e. The first-order valence-corrected chi connectivity index (χ1v) is 29.3. The lowest BCUT2D eigenvalue weighted by Gasteiger charge is -2.43. The molecule has 17 nitrogen and oxygen atoms in total. The normalized spacial score (nSPS) is 37.4. The summed E-state index contributed by atoms with van der Waals surface area (Å²) >= 11 is 0. The molecule has 0 spiro atoms. The molecule has 4 heterocycles. The fourth-order valence-corrected chi connectivity index (χ4v) is 12.1. The van der Waals surface area contributed by atoms with Gasteiger partial charge in [0.05, 0.1) is 37.6 Å². The number of rotatable bonds is 14. The highest BCUT2D eigenvalue weighted by atomic mass is 16.6. The smallest absolute Gasteiger partial charge is 0.329 e. The molecule has 3 saturated heterocycles. The number of esters is 1. The monoisotopic (exact) mass is 1100 g/mol. The predicted octanol–water partition coefficient (Wildman–Crippen LogP) is 6.86. The van der Waals surface area contributed by atoms with Crippen molar-refractivity contribution in [1.29, 1.82) is 0 Å². The molecule has 2 bridgehead atoms. The standard InChI is InChI=1S/C61H99N3O14/c1-40-18-13-12-14-19-41(2)52(76-33-32-72-9)38-48-23-21-46(7)61(71,78-48)58(68)59(69)64-26-16-15-20-49(64)60(70)77-53(39-50(65)42(3)35-45(6)56(67)57(74-11)55(66)44(5)34-40)43(4)36-47-22-24-51(54(37-47)73-10)75-31-17-25-63-29-27-62(8)28-30-63/h12-14,18-19,35,40,42-44,46-49,51-54,56-57,67,71H,15-17,20-34,36-39H2,1-11H3/b14-12+,18-13+,41-19+,45-35+/t40-,42-,43?,44-,46-,47+,48+,49+,51-,52+,53+,54-,56-,57+,61-/m1/s1. The number of likely N-dealkylation sites (N-methyl/N-ethyl adjacent to an activating group) is 1. The van der Waals surface area contributed by atoms with Crippen LogP contribution >= 0.6 is 0 Å². The molecule has 5 rings (SSSR count). The van der Waals surface area contributed by atoms with Gasteiger partial charge in [-0.2, -0.15) is 0 Å². The highest BCUT2D eigenvalue weighted by molar-refractivity contribution is 6.39. The zero-order valence-corrected chi connectivity index (χ0v) is 49.2. The topological polar surface area (TPSA) is 200 Å². The number of Topliss-reactive ketones (excluding diaryl/α,β-unsaturated/α-hetero) is 3. The Hall–Kier alpha value is -3.49. The fourth-order valence-electron chi connectivity index (χ4n) is 12.1. The van der Waals surface area contributed by atoms with Gasteiger partial charge < -0.3 is 58.1 Å². The van der Waals surface area contributed by atoms with Gasteiger partial charge in [-0.1, -0.05) is 71.1 Å². The molecule has 17 heteroatoms.